The molecule has 2 aromatic rings. The van der Waals surface area contributed by atoms with Gasteiger partial charge in [0.05, 0.1) is 5.41 Å². The molecular weight excluding hydrogens is 280 g/mol. The Balaban J connectivity index is 2.32. The average Bonchev–Trinajstić information content (AvgIpc) is 3.10. The zero-order chi connectivity index (χ0) is 12.0. The summed E-state index contributed by atoms with van der Waals surface area (Å²) in [5.74, 6) is -0.704. The summed E-state index contributed by atoms with van der Waals surface area (Å²) in [5, 5.41) is 11.5. The maximum Gasteiger partial charge on any atom is 0.314 e. The predicted molar refractivity (Wildman–Crippen MR) is 70.2 cm³/mol. The van der Waals surface area contributed by atoms with Crippen LogP contribution in [-0.2, 0) is 10.2 Å². The number of halogens is 1. The fraction of sp³-hybridized carbons (Fsp3) is 0.214. The lowest BCUT2D eigenvalue weighted by molar-refractivity contribution is -0.139. The molecule has 17 heavy (non-hydrogen) atoms. The summed E-state index contributed by atoms with van der Waals surface area (Å²) in [6, 6.07) is 11.8. The number of carboxylic acids is 1. The van der Waals surface area contributed by atoms with Crippen molar-refractivity contribution in [1.82, 2.24) is 0 Å². The molecule has 1 N–H and O–H groups in total. The van der Waals surface area contributed by atoms with E-state index in [0.717, 1.165) is 33.7 Å². The van der Waals surface area contributed by atoms with E-state index in [1.807, 2.05) is 36.4 Å². The molecule has 86 valence electrons. The monoisotopic (exact) mass is 290 g/mol. The van der Waals surface area contributed by atoms with Gasteiger partial charge in [-0.3, -0.25) is 4.79 Å². The molecule has 3 heteroatoms. The SMILES string of the molecule is O=C(O)C1(c2cccc3c(Br)cccc23)CC1. The van der Waals surface area contributed by atoms with Crippen LogP contribution in [0.15, 0.2) is 40.9 Å². The highest BCUT2D eigenvalue weighted by Crippen LogP contribution is 2.50. The van der Waals surface area contributed by atoms with Crippen molar-refractivity contribution in [2.75, 3.05) is 0 Å². The number of aliphatic carboxylic acids is 1. The molecule has 0 heterocycles. The van der Waals surface area contributed by atoms with Gasteiger partial charge in [-0.15, -0.1) is 0 Å². The van der Waals surface area contributed by atoms with Crippen molar-refractivity contribution in [2.45, 2.75) is 18.3 Å². The molecular formula is C14H11BrO2. The highest BCUT2D eigenvalue weighted by Gasteiger charge is 2.52. The Morgan fingerprint density at radius 3 is 2.41 bits per heavy atom. The number of fused-ring (bicyclic) bond motifs is 1. The highest BCUT2D eigenvalue weighted by molar-refractivity contribution is 9.10. The molecule has 0 radical (unpaired) electrons. The van der Waals surface area contributed by atoms with Crippen LogP contribution in [0.2, 0.25) is 0 Å². The minimum Gasteiger partial charge on any atom is -0.481 e. The molecule has 2 aromatic carbocycles. The fourth-order valence-electron chi connectivity index (χ4n) is 2.41. The Kier molecular flexibility index (Phi) is 2.26. The van der Waals surface area contributed by atoms with Crippen LogP contribution in [-0.4, -0.2) is 11.1 Å². The zero-order valence-corrected chi connectivity index (χ0v) is 10.7. The second-order valence-electron chi connectivity index (χ2n) is 4.53. The van der Waals surface area contributed by atoms with E-state index in [0.29, 0.717) is 0 Å². The summed E-state index contributed by atoms with van der Waals surface area (Å²) in [6.45, 7) is 0. The van der Waals surface area contributed by atoms with E-state index in [1.54, 1.807) is 0 Å². The number of rotatable bonds is 2. The number of hydrogen-bond acceptors (Lipinski definition) is 1. The van der Waals surface area contributed by atoms with Crippen LogP contribution in [0.1, 0.15) is 18.4 Å². The first-order valence-electron chi connectivity index (χ1n) is 5.56. The third kappa shape index (κ3) is 1.49. The van der Waals surface area contributed by atoms with Crippen molar-refractivity contribution in [1.29, 1.82) is 0 Å². The molecule has 0 atom stereocenters. The van der Waals surface area contributed by atoms with Crippen LogP contribution in [0.5, 0.6) is 0 Å². The smallest absolute Gasteiger partial charge is 0.314 e. The van der Waals surface area contributed by atoms with E-state index in [2.05, 4.69) is 15.9 Å². The van der Waals surface area contributed by atoms with Gasteiger partial charge in [-0.1, -0.05) is 46.3 Å². The summed E-state index contributed by atoms with van der Waals surface area (Å²) in [5.41, 5.74) is 0.309. The summed E-state index contributed by atoms with van der Waals surface area (Å²) >= 11 is 3.51. The Morgan fingerprint density at radius 2 is 1.76 bits per heavy atom. The number of hydrogen-bond donors (Lipinski definition) is 1. The predicted octanol–water partition coefficient (Wildman–Crippen LogP) is 3.72. The van der Waals surface area contributed by atoms with Gasteiger partial charge in [0.15, 0.2) is 0 Å². The maximum absolute atomic E-state index is 11.4. The minimum absolute atomic E-state index is 0.639. The number of carboxylic acid groups (broad SMARTS) is 1. The van der Waals surface area contributed by atoms with Gasteiger partial charge in [0.25, 0.3) is 0 Å². The molecule has 3 rings (SSSR count). The summed E-state index contributed by atoms with van der Waals surface area (Å²) in [4.78, 5) is 11.4. The second-order valence-corrected chi connectivity index (χ2v) is 5.38. The normalized spacial score (nSPS) is 17.0. The van der Waals surface area contributed by atoms with Gasteiger partial charge in [-0.05, 0) is 35.2 Å². The van der Waals surface area contributed by atoms with Gasteiger partial charge in [-0.2, -0.15) is 0 Å². The summed E-state index contributed by atoms with van der Waals surface area (Å²) in [6.07, 6.45) is 1.49. The van der Waals surface area contributed by atoms with Gasteiger partial charge in [0.2, 0.25) is 0 Å². The van der Waals surface area contributed by atoms with E-state index in [-0.39, 0.29) is 0 Å². The van der Waals surface area contributed by atoms with E-state index in [4.69, 9.17) is 0 Å². The first-order valence-corrected chi connectivity index (χ1v) is 6.35. The molecule has 0 unspecified atom stereocenters. The molecule has 0 spiro atoms. The summed E-state index contributed by atoms with van der Waals surface area (Å²) < 4.78 is 1.01. The molecule has 0 bridgehead atoms. The molecule has 0 aliphatic heterocycles. The summed E-state index contributed by atoms with van der Waals surface area (Å²) in [7, 11) is 0. The third-order valence-corrected chi connectivity index (χ3v) is 4.24. The van der Waals surface area contributed by atoms with Crippen molar-refractivity contribution in [3.8, 4) is 0 Å². The van der Waals surface area contributed by atoms with Crippen molar-refractivity contribution in [3.05, 3.63) is 46.4 Å². The molecule has 2 nitrogen and oxygen atoms in total. The molecule has 0 saturated heterocycles. The molecule has 0 amide bonds. The Hall–Kier alpha value is -1.35. The van der Waals surface area contributed by atoms with Crippen LogP contribution < -0.4 is 0 Å². The van der Waals surface area contributed by atoms with Crippen molar-refractivity contribution in [2.24, 2.45) is 0 Å². The van der Waals surface area contributed by atoms with E-state index >= 15 is 0 Å². The van der Waals surface area contributed by atoms with Crippen LogP contribution in [0.4, 0.5) is 0 Å². The molecule has 0 aromatic heterocycles. The van der Waals surface area contributed by atoms with Crippen LogP contribution in [0.25, 0.3) is 10.8 Å². The second kappa shape index (κ2) is 3.57. The van der Waals surface area contributed by atoms with Gasteiger partial charge in [0.1, 0.15) is 0 Å². The molecule has 1 aliphatic carbocycles. The van der Waals surface area contributed by atoms with E-state index < -0.39 is 11.4 Å². The van der Waals surface area contributed by atoms with Gasteiger partial charge < -0.3 is 5.11 Å². The van der Waals surface area contributed by atoms with Crippen LogP contribution in [0, 0.1) is 0 Å². The average molecular weight is 291 g/mol. The van der Waals surface area contributed by atoms with Crippen molar-refractivity contribution < 1.29 is 9.90 Å². The number of carbonyl (C=O) groups is 1. The third-order valence-electron chi connectivity index (χ3n) is 3.54. The minimum atomic E-state index is -0.704. The van der Waals surface area contributed by atoms with Gasteiger partial charge >= 0.3 is 5.97 Å². The van der Waals surface area contributed by atoms with E-state index in [1.165, 1.54) is 0 Å². The largest absolute Gasteiger partial charge is 0.481 e. The quantitative estimate of drug-likeness (QED) is 0.915. The lowest BCUT2D eigenvalue weighted by Gasteiger charge is -2.14. The Morgan fingerprint density at radius 1 is 1.12 bits per heavy atom. The molecule has 1 aliphatic rings. The van der Waals surface area contributed by atoms with Crippen LogP contribution >= 0.6 is 15.9 Å². The molecule has 1 saturated carbocycles. The first-order chi connectivity index (χ1) is 8.15. The van der Waals surface area contributed by atoms with Crippen LogP contribution in [0.3, 0.4) is 0 Å². The van der Waals surface area contributed by atoms with E-state index in [9.17, 15) is 9.90 Å². The van der Waals surface area contributed by atoms with Crippen molar-refractivity contribution in [3.63, 3.8) is 0 Å². The lowest BCUT2D eigenvalue weighted by Crippen LogP contribution is -2.19. The standard InChI is InChI=1S/C14H11BrO2/c15-12-6-2-3-9-10(12)4-1-5-11(9)14(7-8-14)13(16)17/h1-6H,7-8H2,(H,16,17). The number of benzene rings is 2. The topological polar surface area (TPSA) is 37.3 Å². The first kappa shape index (κ1) is 10.8. The Labute approximate surface area is 107 Å². The van der Waals surface area contributed by atoms with Crippen molar-refractivity contribution >= 4 is 32.7 Å². The highest BCUT2D eigenvalue weighted by atomic mass is 79.9. The maximum atomic E-state index is 11.4. The molecule has 1 fully saturated rings. The fourth-order valence-corrected chi connectivity index (χ4v) is 2.91. The zero-order valence-electron chi connectivity index (χ0n) is 9.11. The lowest BCUT2D eigenvalue weighted by atomic mass is 9.91. The Bertz CT molecular complexity index is 615. The van der Waals surface area contributed by atoms with Gasteiger partial charge in [-0.25, -0.2) is 0 Å². The van der Waals surface area contributed by atoms with Gasteiger partial charge in [0, 0.05) is 4.47 Å².